The van der Waals surface area contributed by atoms with Gasteiger partial charge in [-0.25, -0.2) is 4.98 Å². The number of hydrogen-bond acceptors (Lipinski definition) is 4. The van der Waals surface area contributed by atoms with Gasteiger partial charge in [0.05, 0.1) is 17.4 Å². The summed E-state index contributed by atoms with van der Waals surface area (Å²) in [5.41, 5.74) is 4.37. The molecule has 0 radical (unpaired) electrons. The number of amides is 1. The summed E-state index contributed by atoms with van der Waals surface area (Å²) in [6, 6.07) is 8.47. The smallest absolute Gasteiger partial charge is 0.291 e. The van der Waals surface area contributed by atoms with Crippen LogP contribution in [0, 0.1) is 28.6 Å². The second-order valence-corrected chi connectivity index (χ2v) is 12.0. The maximum Gasteiger partial charge on any atom is 0.291 e. The highest BCUT2D eigenvalue weighted by Crippen LogP contribution is 2.56. The molecule has 0 spiro atoms. The molecule has 36 heavy (non-hydrogen) atoms. The van der Waals surface area contributed by atoms with Crippen LogP contribution in [0.4, 0.5) is 5.69 Å². The number of nitriles is 1. The lowest BCUT2D eigenvalue weighted by molar-refractivity contribution is -0.170. The first-order valence-corrected chi connectivity index (χ1v) is 13.0. The first kappa shape index (κ1) is 24.5. The standard InChI is InChI=1S/C30H36N4O2/c1-18-25(19(2)30(6)14-13-29(18,5)36-30)21-7-8-24(34-27(35)26-32-17-22(16-31)33-26)23(15-21)20-9-11-28(3,4)12-10-20/h7-9,13-15,17-19,25H,10-12H2,1-6H3,(H,32,33)(H,34,35)/t18-,19+,25?,29-,30+. The molecule has 5 atom stereocenters. The zero-order valence-corrected chi connectivity index (χ0v) is 22.1. The number of allylic oxidation sites excluding steroid dienone is 2. The molecule has 6 nitrogen and oxygen atoms in total. The Hall–Kier alpha value is -3.17. The van der Waals surface area contributed by atoms with Gasteiger partial charge in [0.15, 0.2) is 5.82 Å². The largest absolute Gasteiger partial charge is 0.360 e. The lowest BCUT2D eigenvalue weighted by Crippen LogP contribution is -2.52. The predicted molar refractivity (Wildman–Crippen MR) is 141 cm³/mol. The molecule has 6 heteroatoms. The van der Waals surface area contributed by atoms with Crippen LogP contribution in [0.1, 0.15) is 94.2 Å². The summed E-state index contributed by atoms with van der Waals surface area (Å²) < 4.78 is 6.54. The Labute approximate surface area is 213 Å². The number of nitrogens with one attached hydrogen (secondary N) is 2. The molecule has 1 aliphatic carbocycles. The lowest BCUT2D eigenvalue weighted by Gasteiger charge is -2.50. The van der Waals surface area contributed by atoms with Crippen molar-refractivity contribution in [1.82, 2.24) is 9.97 Å². The van der Waals surface area contributed by atoms with Crippen molar-refractivity contribution in [2.45, 2.75) is 77.9 Å². The fourth-order valence-electron chi connectivity index (χ4n) is 6.23. The normalized spacial score (nSPS) is 32.6. The minimum atomic E-state index is -0.350. The Kier molecular flexibility index (Phi) is 5.76. The number of fused-ring (bicyclic) bond motifs is 2. The number of hydrogen-bond donors (Lipinski definition) is 2. The molecule has 2 N–H and O–H groups in total. The number of nitrogens with zero attached hydrogens (tertiary/aromatic N) is 2. The average Bonchev–Trinajstić information content (AvgIpc) is 3.44. The zero-order chi connectivity index (χ0) is 25.9. The SMILES string of the molecule is C[C@@H]1C(c2ccc(NC(=O)c3ncc(C#N)[nH]3)c(C3=CCC(C)(C)CC3)c2)[C@H](C)[C@]2(C)C=C[C@@]1(C)O2. The van der Waals surface area contributed by atoms with E-state index >= 15 is 0 Å². The summed E-state index contributed by atoms with van der Waals surface area (Å²) in [4.78, 5) is 19.8. The summed E-state index contributed by atoms with van der Waals surface area (Å²) in [6.07, 6.45) is 11.3. The minimum absolute atomic E-state index is 0.135. The molecule has 3 heterocycles. The number of imidazole rings is 1. The van der Waals surface area contributed by atoms with E-state index in [9.17, 15) is 4.79 Å². The number of carbonyl (C=O) groups excluding carboxylic acids is 1. The number of rotatable bonds is 4. The fourth-order valence-corrected chi connectivity index (χ4v) is 6.23. The van der Waals surface area contributed by atoms with Crippen molar-refractivity contribution in [2.24, 2.45) is 17.3 Å². The van der Waals surface area contributed by atoms with E-state index in [1.807, 2.05) is 12.1 Å². The van der Waals surface area contributed by atoms with Crippen LogP contribution in [0.5, 0.6) is 0 Å². The molecule has 5 rings (SSSR count). The second kappa shape index (κ2) is 8.45. The van der Waals surface area contributed by atoms with Crippen LogP contribution in [-0.2, 0) is 4.74 Å². The van der Waals surface area contributed by atoms with E-state index < -0.39 is 0 Å². The van der Waals surface area contributed by atoms with Crippen LogP contribution in [0.25, 0.3) is 5.57 Å². The number of H-pyrrole nitrogens is 1. The van der Waals surface area contributed by atoms with Crippen LogP contribution in [-0.4, -0.2) is 27.1 Å². The number of ether oxygens (including phenoxy) is 1. The third kappa shape index (κ3) is 4.10. The van der Waals surface area contributed by atoms with Gasteiger partial charge in [-0.15, -0.1) is 0 Å². The summed E-state index contributed by atoms with van der Waals surface area (Å²) in [6.45, 7) is 13.6. The third-order valence-corrected chi connectivity index (χ3v) is 8.98. The van der Waals surface area contributed by atoms with Gasteiger partial charge in [-0.2, -0.15) is 5.26 Å². The van der Waals surface area contributed by atoms with E-state index in [1.165, 1.54) is 17.3 Å². The molecular formula is C30H36N4O2. The topological polar surface area (TPSA) is 90.8 Å². The Morgan fingerprint density at radius 2 is 1.86 bits per heavy atom. The molecule has 188 valence electrons. The van der Waals surface area contributed by atoms with Crippen molar-refractivity contribution in [2.75, 3.05) is 5.32 Å². The van der Waals surface area contributed by atoms with Crippen molar-refractivity contribution in [3.05, 3.63) is 65.3 Å². The quantitative estimate of drug-likeness (QED) is 0.478. The summed E-state index contributed by atoms with van der Waals surface area (Å²) in [7, 11) is 0. The molecular weight excluding hydrogens is 448 g/mol. The van der Waals surface area contributed by atoms with Gasteiger partial charge in [-0.05, 0) is 79.5 Å². The lowest BCUT2D eigenvalue weighted by atomic mass is 9.66. The molecule has 2 aromatic rings. The highest BCUT2D eigenvalue weighted by molar-refractivity contribution is 6.03. The van der Waals surface area contributed by atoms with Crippen LogP contribution in [0.2, 0.25) is 0 Å². The summed E-state index contributed by atoms with van der Waals surface area (Å²) in [5, 5.41) is 12.1. The van der Waals surface area contributed by atoms with Crippen molar-refractivity contribution in [3.63, 3.8) is 0 Å². The van der Waals surface area contributed by atoms with Crippen LogP contribution in [0.15, 0.2) is 42.6 Å². The minimum Gasteiger partial charge on any atom is -0.360 e. The van der Waals surface area contributed by atoms with Crippen LogP contribution in [0.3, 0.4) is 0 Å². The van der Waals surface area contributed by atoms with E-state index in [2.05, 4.69) is 87.2 Å². The molecule has 1 aromatic carbocycles. The number of anilines is 1. The highest BCUT2D eigenvalue weighted by atomic mass is 16.5. The molecule has 0 saturated carbocycles. The molecule has 2 aliphatic heterocycles. The molecule has 2 bridgehead atoms. The van der Waals surface area contributed by atoms with Gasteiger partial charge in [0.1, 0.15) is 11.8 Å². The maximum atomic E-state index is 13.0. The first-order chi connectivity index (χ1) is 16.9. The maximum absolute atomic E-state index is 13.0. The molecule has 1 aromatic heterocycles. The van der Waals surface area contributed by atoms with Gasteiger partial charge in [0.2, 0.25) is 0 Å². The van der Waals surface area contributed by atoms with Crippen molar-refractivity contribution in [1.29, 1.82) is 5.26 Å². The Balaban J connectivity index is 1.54. The van der Waals surface area contributed by atoms with Gasteiger partial charge in [0.25, 0.3) is 5.91 Å². The second-order valence-electron chi connectivity index (χ2n) is 12.0. The number of benzene rings is 1. The van der Waals surface area contributed by atoms with E-state index in [0.717, 1.165) is 30.5 Å². The zero-order valence-electron chi connectivity index (χ0n) is 22.1. The Bertz CT molecular complexity index is 1290. The summed E-state index contributed by atoms with van der Waals surface area (Å²) in [5.74, 6) is 0.711. The predicted octanol–water partition coefficient (Wildman–Crippen LogP) is 6.60. The molecule has 3 aliphatic rings. The van der Waals surface area contributed by atoms with E-state index in [4.69, 9.17) is 10.00 Å². The van der Waals surface area contributed by atoms with Gasteiger partial charge in [-0.3, -0.25) is 4.79 Å². The van der Waals surface area contributed by atoms with Crippen molar-refractivity contribution >= 4 is 17.2 Å². The van der Waals surface area contributed by atoms with Crippen molar-refractivity contribution in [3.8, 4) is 6.07 Å². The fraction of sp³-hybridized carbons (Fsp3) is 0.500. The van der Waals surface area contributed by atoms with E-state index in [-0.39, 0.29) is 34.0 Å². The Morgan fingerprint density at radius 1 is 1.17 bits per heavy atom. The number of aromatic nitrogens is 2. The van der Waals surface area contributed by atoms with E-state index in [0.29, 0.717) is 17.8 Å². The Morgan fingerprint density at radius 3 is 2.44 bits per heavy atom. The van der Waals surface area contributed by atoms with Gasteiger partial charge < -0.3 is 15.0 Å². The van der Waals surface area contributed by atoms with Gasteiger partial charge in [0, 0.05) is 11.3 Å². The number of carbonyl (C=O) groups is 1. The van der Waals surface area contributed by atoms with Crippen LogP contribution >= 0.6 is 0 Å². The van der Waals surface area contributed by atoms with E-state index in [1.54, 1.807) is 0 Å². The molecule has 1 unspecified atom stereocenters. The first-order valence-electron chi connectivity index (χ1n) is 13.0. The number of aromatic amines is 1. The van der Waals surface area contributed by atoms with Gasteiger partial charge >= 0.3 is 0 Å². The van der Waals surface area contributed by atoms with Crippen LogP contribution < -0.4 is 5.32 Å². The third-order valence-electron chi connectivity index (χ3n) is 8.98. The average molecular weight is 485 g/mol. The molecule has 1 saturated heterocycles. The summed E-state index contributed by atoms with van der Waals surface area (Å²) >= 11 is 0. The molecule has 1 fully saturated rings. The van der Waals surface area contributed by atoms with Gasteiger partial charge in [-0.1, -0.05) is 52.0 Å². The molecule has 1 amide bonds. The highest BCUT2D eigenvalue weighted by Gasteiger charge is 2.55. The monoisotopic (exact) mass is 484 g/mol. The van der Waals surface area contributed by atoms with Crippen molar-refractivity contribution < 1.29 is 9.53 Å².